The van der Waals surface area contributed by atoms with E-state index in [9.17, 15) is 9.59 Å². The number of aromatic amines is 2. The summed E-state index contributed by atoms with van der Waals surface area (Å²) < 4.78 is 0. The molecular weight excluding hydrogens is 286 g/mol. The number of tetrazole rings is 1. The van der Waals surface area contributed by atoms with Gasteiger partial charge >= 0.3 is 0 Å². The third-order valence-electron chi connectivity index (χ3n) is 3.78. The molecule has 0 aromatic carbocycles. The third kappa shape index (κ3) is 3.18. The Kier molecular flexibility index (Phi) is 4.22. The maximum atomic E-state index is 12.0. The summed E-state index contributed by atoms with van der Waals surface area (Å²) in [6, 6.07) is 0. The lowest BCUT2D eigenvalue weighted by molar-refractivity contribution is -0.120. The number of hydrogen-bond donors (Lipinski definition) is 3. The molecule has 1 amide bonds. The smallest absolute Gasteiger partial charge is 0.267 e. The molecule has 0 saturated heterocycles. The molecule has 0 spiro atoms. The Balaban J connectivity index is 1.60. The van der Waals surface area contributed by atoms with Crippen molar-refractivity contribution in [2.24, 2.45) is 0 Å². The summed E-state index contributed by atoms with van der Waals surface area (Å²) in [5, 5.41) is 22.7. The number of nitrogens with one attached hydrogen (secondary N) is 3. The highest BCUT2D eigenvalue weighted by molar-refractivity contribution is 5.78. The molecule has 3 N–H and O–H groups in total. The third-order valence-corrected chi connectivity index (χ3v) is 3.78. The molecule has 0 aliphatic heterocycles. The molecule has 0 radical (unpaired) electrons. The lowest BCUT2D eigenvalue weighted by Crippen LogP contribution is -2.30. The molecule has 3 rings (SSSR count). The second-order valence-electron chi connectivity index (χ2n) is 5.29. The average Bonchev–Trinajstić information content (AvgIpc) is 3.04. The van der Waals surface area contributed by atoms with Crippen LogP contribution in [0.5, 0.6) is 0 Å². The van der Waals surface area contributed by atoms with Gasteiger partial charge in [0.1, 0.15) is 5.82 Å². The van der Waals surface area contributed by atoms with Crippen molar-refractivity contribution in [1.82, 2.24) is 36.1 Å². The molecule has 116 valence electrons. The summed E-state index contributed by atoms with van der Waals surface area (Å²) in [5.74, 6) is 0.500. The fourth-order valence-electron chi connectivity index (χ4n) is 2.69. The van der Waals surface area contributed by atoms with Gasteiger partial charge in [-0.3, -0.25) is 9.59 Å². The minimum atomic E-state index is -0.128. The van der Waals surface area contributed by atoms with E-state index >= 15 is 0 Å². The summed E-state index contributed by atoms with van der Waals surface area (Å²) in [5.41, 5.74) is 2.28. The number of aromatic nitrogens is 6. The quantitative estimate of drug-likeness (QED) is 0.654. The molecule has 0 fully saturated rings. The molecule has 9 heteroatoms. The van der Waals surface area contributed by atoms with Gasteiger partial charge in [-0.1, -0.05) is 0 Å². The molecule has 0 unspecified atom stereocenters. The van der Waals surface area contributed by atoms with Crippen LogP contribution in [-0.4, -0.2) is 43.3 Å². The molecule has 9 nitrogen and oxygen atoms in total. The van der Waals surface area contributed by atoms with Crippen LogP contribution < -0.4 is 10.9 Å². The Hall–Kier alpha value is -2.58. The van der Waals surface area contributed by atoms with Crippen LogP contribution in [0.25, 0.3) is 0 Å². The molecule has 0 atom stereocenters. The molecule has 0 saturated carbocycles. The Bertz CT molecular complexity index is 708. The van der Waals surface area contributed by atoms with Crippen LogP contribution in [0.4, 0.5) is 0 Å². The normalized spacial score (nSPS) is 13.6. The highest BCUT2D eigenvalue weighted by Gasteiger charge is 2.19. The number of carbonyl (C=O) groups excluding carboxylic acids is 1. The molecule has 2 heterocycles. The molecule has 22 heavy (non-hydrogen) atoms. The topological polar surface area (TPSA) is 129 Å². The molecule has 2 aromatic rings. The van der Waals surface area contributed by atoms with Crippen LogP contribution in [0.2, 0.25) is 0 Å². The van der Waals surface area contributed by atoms with Crippen LogP contribution in [0, 0.1) is 0 Å². The first-order valence-electron chi connectivity index (χ1n) is 7.32. The monoisotopic (exact) mass is 303 g/mol. The highest BCUT2D eigenvalue weighted by Crippen LogP contribution is 2.20. The van der Waals surface area contributed by atoms with Gasteiger partial charge < -0.3 is 5.32 Å². The molecular formula is C13H17N7O2. The predicted molar refractivity (Wildman–Crippen MR) is 76.1 cm³/mol. The molecule has 2 aromatic heterocycles. The van der Waals surface area contributed by atoms with Crippen molar-refractivity contribution in [3.63, 3.8) is 0 Å². The fraction of sp³-hybridized carbons (Fsp3) is 0.538. The van der Waals surface area contributed by atoms with Gasteiger partial charge in [-0.25, -0.2) is 10.2 Å². The lowest BCUT2D eigenvalue weighted by Gasteiger charge is -2.17. The van der Waals surface area contributed by atoms with Crippen molar-refractivity contribution in [3.8, 4) is 0 Å². The van der Waals surface area contributed by atoms with E-state index in [-0.39, 0.29) is 17.9 Å². The van der Waals surface area contributed by atoms with Crippen LogP contribution in [0.3, 0.4) is 0 Å². The van der Waals surface area contributed by atoms with Gasteiger partial charge in [0.05, 0.1) is 12.1 Å². The number of nitrogens with zero attached hydrogens (tertiary/aromatic N) is 4. The number of H-pyrrole nitrogens is 2. The van der Waals surface area contributed by atoms with Gasteiger partial charge in [0.25, 0.3) is 5.56 Å². The van der Waals surface area contributed by atoms with Gasteiger partial charge in [-0.2, -0.15) is 5.10 Å². The Morgan fingerprint density at radius 1 is 1.18 bits per heavy atom. The highest BCUT2D eigenvalue weighted by atomic mass is 16.1. The minimum Gasteiger partial charge on any atom is -0.355 e. The SMILES string of the molecule is O=C(Cc1n[nH]c(=O)c2c1CCCC2)NCCc1nnn[nH]1. The molecule has 1 aliphatic rings. The first-order valence-corrected chi connectivity index (χ1v) is 7.32. The minimum absolute atomic E-state index is 0.125. The van der Waals surface area contributed by atoms with E-state index in [1.807, 2.05) is 0 Å². The number of rotatable bonds is 5. The number of amides is 1. The van der Waals surface area contributed by atoms with Crippen LogP contribution in [0.15, 0.2) is 4.79 Å². The standard InChI is InChI=1S/C13H17N7O2/c21-12(14-6-5-11-16-19-20-17-11)7-10-8-3-1-2-4-9(8)13(22)18-15-10/h1-7H2,(H,14,21)(H,18,22)(H,16,17,19,20). The first kappa shape index (κ1) is 14.4. The van der Waals surface area contributed by atoms with Gasteiger partial charge in [0.2, 0.25) is 5.91 Å². The number of carbonyl (C=O) groups is 1. The second kappa shape index (κ2) is 6.46. The van der Waals surface area contributed by atoms with Gasteiger partial charge in [0, 0.05) is 18.5 Å². The maximum absolute atomic E-state index is 12.0. The van der Waals surface area contributed by atoms with Crippen molar-refractivity contribution in [2.45, 2.75) is 38.5 Å². The summed E-state index contributed by atoms with van der Waals surface area (Å²) in [6.45, 7) is 0.446. The summed E-state index contributed by atoms with van der Waals surface area (Å²) >= 11 is 0. The Morgan fingerprint density at radius 2 is 2.00 bits per heavy atom. The molecule has 1 aliphatic carbocycles. The predicted octanol–water partition coefficient (Wildman–Crippen LogP) is -0.937. The van der Waals surface area contributed by atoms with E-state index < -0.39 is 0 Å². The van der Waals surface area contributed by atoms with E-state index in [1.54, 1.807) is 0 Å². The van der Waals surface area contributed by atoms with E-state index in [0.29, 0.717) is 24.5 Å². The summed E-state index contributed by atoms with van der Waals surface area (Å²) in [6.07, 6.45) is 4.34. The van der Waals surface area contributed by atoms with Crippen molar-refractivity contribution >= 4 is 5.91 Å². The first-order chi connectivity index (χ1) is 10.7. The van der Waals surface area contributed by atoms with E-state index in [2.05, 4.69) is 36.1 Å². The van der Waals surface area contributed by atoms with Crippen LogP contribution in [-0.2, 0) is 30.5 Å². The summed E-state index contributed by atoms with van der Waals surface area (Å²) in [7, 11) is 0. The van der Waals surface area contributed by atoms with E-state index in [4.69, 9.17) is 0 Å². The molecule has 0 bridgehead atoms. The lowest BCUT2D eigenvalue weighted by atomic mass is 9.91. The maximum Gasteiger partial charge on any atom is 0.267 e. The van der Waals surface area contributed by atoms with E-state index in [1.165, 1.54) is 0 Å². The largest absolute Gasteiger partial charge is 0.355 e. The average molecular weight is 303 g/mol. The Morgan fingerprint density at radius 3 is 2.77 bits per heavy atom. The second-order valence-corrected chi connectivity index (χ2v) is 5.29. The Labute approximate surface area is 125 Å². The zero-order chi connectivity index (χ0) is 15.4. The van der Waals surface area contributed by atoms with Crippen LogP contribution in [0.1, 0.15) is 35.5 Å². The van der Waals surface area contributed by atoms with Crippen molar-refractivity contribution in [3.05, 3.63) is 33.0 Å². The zero-order valence-electron chi connectivity index (χ0n) is 12.1. The van der Waals surface area contributed by atoms with Crippen molar-refractivity contribution < 1.29 is 4.79 Å². The summed E-state index contributed by atoms with van der Waals surface area (Å²) in [4.78, 5) is 23.8. The number of hydrogen-bond acceptors (Lipinski definition) is 6. The van der Waals surface area contributed by atoms with Crippen molar-refractivity contribution in [2.75, 3.05) is 6.54 Å². The van der Waals surface area contributed by atoms with Crippen molar-refractivity contribution in [1.29, 1.82) is 0 Å². The van der Waals surface area contributed by atoms with Crippen LogP contribution >= 0.6 is 0 Å². The number of fused-ring (bicyclic) bond motifs is 1. The fourth-order valence-corrected chi connectivity index (χ4v) is 2.69. The zero-order valence-corrected chi connectivity index (χ0v) is 12.1. The van der Waals surface area contributed by atoms with Gasteiger partial charge in [0.15, 0.2) is 0 Å². The van der Waals surface area contributed by atoms with Gasteiger partial charge in [-0.15, -0.1) is 5.10 Å². The van der Waals surface area contributed by atoms with E-state index in [0.717, 1.165) is 36.8 Å². The van der Waals surface area contributed by atoms with Gasteiger partial charge in [-0.05, 0) is 41.7 Å².